The molecule has 0 spiro atoms. The Hall–Kier alpha value is -2.81. The number of amides is 3. The van der Waals surface area contributed by atoms with Gasteiger partial charge in [0.15, 0.2) is 6.61 Å². The van der Waals surface area contributed by atoms with E-state index in [9.17, 15) is 14.4 Å². The van der Waals surface area contributed by atoms with E-state index in [0.717, 1.165) is 0 Å². The first-order valence-corrected chi connectivity index (χ1v) is 10.5. The number of nitrogens with two attached hydrogens (primary N) is 1. The lowest BCUT2D eigenvalue weighted by atomic mass is 10.0. The Labute approximate surface area is 200 Å². The Bertz CT molecular complexity index is 1040. The zero-order valence-corrected chi connectivity index (χ0v) is 19.5. The summed E-state index contributed by atoms with van der Waals surface area (Å²) in [5.41, 5.74) is 8.07. The minimum atomic E-state index is -0.892. The van der Waals surface area contributed by atoms with Gasteiger partial charge in [0.1, 0.15) is 11.8 Å². The van der Waals surface area contributed by atoms with Crippen molar-refractivity contribution in [3.8, 4) is 5.75 Å². The summed E-state index contributed by atoms with van der Waals surface area (Å²) in [7, 11) is 0. The third-order valence-electron chi connectivity index (χ3n) is 4.13. The second kappa shape index (κ2) is 11.7. The molecule has 0 saturated carbocycles. The summed E-state index contributed by atoms with van der Waals surface area (Å²) >= 11 is 17.9. The van der Waals surface area contributed by atoms with Crippen LogP contribution in [0.25, 0.3) is 0 Å². The number of primary amides is 1. The van der Waals surface area contributed by atoms with Gasteiger partial charge in [0, 0.05) is 15.6 Å². The summed E-state index contributed by atoms with van der Waals surface area (Å²) < 4.78 is 5.30. The summed E-state index contributed by atoms with van der Waals surface area (Å²) in [6.07, 6.45) is 1.30. The largest absolute Gasteiger partial charge is 0.483 e. The molecule has 0 fully saturated rings. The number of nitrogens with one attached hydrogen (secondary N) is 2. The summed E-state index contributed by atoms with van der Waals surface area (Å²) in [5, 5.41) is 7.51. The normalized spacial score (nSPS) is 11.9. The van der Waals surface area contributed by atoms with Gasteiger partial charge in [0.2, 0.25) is 0 Å². The first-order valence-electron chi connectivity index (χ1n) is 9.38. The zero-order valence-electron chi connectivity index (χ0n) is 17.2. The second-order valence-corrected chi connectivity index (χ2v) is 8.27. The Kier molecular flexibility index (Phi) is 9.31. The van der Waals surface area contributed by atoms with Crippen LogP contribution >= 0.6 is 34.8 Å². The highest BCUT2D eigenvalue weighted by molar-refractivity contribution is 6.36. The van der Waals surface area contributed by atoms with Crippen LogP contribution in [0.15, 0.2) is 41.5 Å². The topological polar surface area (TPSA) is 123 Å². The van der Waals surface area contributed by atoms with Crippen molar-refractivity contribution < 1.29 is 19.1 Å². The SMILES string of the molecule is CC(C)C(NC(=O)c1ccc(Cl)cc1Cl)C(=O)NN=Cc1cc(Cl)ccc1OCC(N)=O. The third-order valence-corrected chi connectivity index (χ3v) is 4.91. The van der Waals surface area contributed by atoms with E-state index in [1.165, 1.54) is 30.5 Å². The lowest BCUT2D eigenvalue weighted by Crippen LogP contribution is -2.48. The van der Waals surface area contributed by atoms with Gasteiger partial charge in [-0.3, -0.25) is 14.4 Å². The number of benzene rings is 2. The average Bonchev–Trinajstić information content (AvgIpc) is 2.70. The predicted octanol–water partition coefficient (Wildman–Crippen LogP) is 3.42. The summed E-state index contributed by atoms with van der Waals surface area (Å²) in [4.78, 5) is 36.2. The molecule has 1 unspecified atom stereocenters. The number of hydrogen-bond donors (Lipinski definition) is 3. The molecule has 3 amide bonds. The van der Waals surface area contributed by atoms with Gasteiger partial charge in [-0.15, -0.1) is 0 Å². The highest BCUT2D eigenvalue weighted by Gasteiger charge is 2.25. The van der Waals surface area contributed by atoms with Crippen LogP contribution in [0.1, 0.15) is 29.8 Å². The Morgan fingerprint density at radius 3 is 2.38 bits per heavy atom. The molecule has 0 heterocycles. The van der Waals surface area contributed by atoms with Crippen molar-refractivity contribution in [2.75, 3.05) is 6.61 Å². The monoisotopic (exact) mass is 498 g/mol. The van der Waals surface area contributed by atoms with E-state index in [1.807, 2.05) is 0 Å². The van der Waals surface area contributed by atoms with Gasteiger partial charge in [-0.25, -0.2) is 5.43 Å². The predicted molar refractivity (Wildman–Crippen MR) is 124 cm³/mol. The van der Waals surface area contributed by atoms with Crippen molar-refractivity contribution >= 4 is 58.7 Å². The van der Waals surface area contributed by atoms with Crippen molar-refractivity contribution in [3.63, 3.8) is 0 Å². The number of carbonyl (C=O) groups is 3. The van der Waals surface area contributed by atoms with Crippen LogP contribution in [0.3, 0.4) is 0 Å². The van der Waals surface area contributed by atoms with Crippen LogP contribution in [0, 0.1) is 5.92 Å². The van der Waals surface area contributed by atoms with Gasteiger partial charge in [-0.2, -0.15) is 5.10 Å². The average molecular weight is 500 g/mol. The van der Waals surface area contributed by atoms with Crippen molar-refractivity contribution in [2.24, 2.45) is 16.8 Å². The minimum Gasteiger partial charge on any atom is -0.483 e. The van der Waals surface area contributed by atoms with Gasteiger partial charge in [0.05, 0.1) is 16.8 Å². The quantitative estimate of drug-likeness (QED) is 0.361. The molecule has 8 nitrogen and oxygen atoms in total. The molecule has 0 saturated heterocycles. The van der Waals surface area contributed by atoms with Crippen LogP contribution in [-0.4, -0.2) is 36.6 Å². The zero-order chi connectivity index (χ0) is 23.8. The molecule has 0 bridgehead atoms. The summed E-state index contributed by atoms with van der Waals surface area (Å²) in [5.74, 6) is -1.66. The molecule has 2 aromatic rings. The lowest BCUT2D eigenvalue weighted by Gasteiger charge is -2.20. The van der Waals surface area contributed by atoms with Gasteiger partial charge < -0.3 is 15.8 Å². The fraction of sp³-hybridized carbons (Fsp3) is 0.238. The Morgan fingerprint density at radius 2 is 1.75 bits per heavy atom. The van der Waals surface area contributed by atoms with Gasteiger partial charge >= 0.3 is 0 Å². The molecule has 0 aliphatic carbocycles. The molecule has 11 heteroatoms. The number of ether oxygens (including phenoxy) is 1. The van der Waals surface area contributed by atoms with E-state index in [0.29, 0.717) is 21.4 Å². The molecule has 0 aliphatic rings. The maximum Gasteiger partial charge on any atom is 0.262 e. The van der Waals surface area contributed by atoms with E-state index in [4.69, 9.17) is 45.3 Å². The van der Waals surface area contributed by atoms with E-state index >= 15 is 0 Å². The fourth-order valence-electron chi connectivity index (χ4n) is 2.56. The molecule has 0 radical (unpaired) electrons. The van der Waals surface area contributed by atoms with Crippen LogP contribution in [0.4, 0.5) is 0 Å². The van der Waals surface area contributed by atoms with Crippen LogP contribution < -0.4 is 21.2 Å². The molecule has 4 N–H and O–H groups in total. The highest BCUT2D eigenvalue weighted by atomic mass is 35.5. The standard InChI is InChI=1S/C21H21Cl3N4O4/c1-11(2)19(27-20(30)15-5-3-14(23)8-16(15)24)21(31)28-26-9-12-7-13(22)4-6-17(12)32-10-18(25)29/h3-9,11,19H,10H2,1-2H3,(H2,25,29)(H,27,30)(H,28,31). The van der Waals surface area contributed by atoms with E-state index in [-0.39, 0.29) is 23.1 Å². The van der Waals surface area contributed by atoms with Gasteiger partial charge in [-0.05, 0) is 42.3 Å². The molecular weight excluding hydrogens is 479 g/mol. The fourth-order valence-corrected chi connectivity index (χ4v) is 3.24. The molecule has 32 heavy (non-hydrogen) atoms. The van der Waals surface area contributed by atoms with E-state index in [1.54, 1.807) is 26.0 Å². The van der Waals surface area contributed by atoms with Crippen molar-refractivity contribution in [2.45, 2.75) is 19.9 Å². The van der Waals surface area contributed by atoms with Crippen LogP contribution in [0.2, 0.25) is 15.1 Å². The van der Waals surface area contributed by atoms with Gasteiger partial charge in [0.25, 0.3) is 17.7 Å². The van der Waals surface area contributed by atoms with E-state index < -0.39 is 23.8 Å². The molecular formula is C21H21Cl3N4O4. The number of carbonyl (C=O) groups excluding carboxylic acids is 3. The van der Waals surface area contributed by atoms with E-state index in [2.05, 4.69) is 15.8 Å². The molecule has 1 atom stereocenters. The number of halogens is 3. The molecule has 170 valence electrons. The Morgan fingerprint density at radius 1 is 1.09 bits per heavy atom. The van der Waals surface area contributed by atoms with Crippen molar-refractivity contribution in [1.82, 2.24) is 10.7 Å². The number of hydrazone groups is 1. The smallest absolute Gasteiger partial charge is 0.262 e. The van der Waals surface area contributed by atoms with Crippen LogP contribution in [0.5, 0.6) is 5.75 Å². The van der Waals surface area contributed by atoms with Crippen LogP contribution in [-0.2, 0) is 9.59 Å². The number of nitrogens with zero attached hydrogens (tertiary/aromatic N) is 1. The molecule has 0 aliphatic heterocycles. The summed E-state index contributed by atoms with van der Waals surface area (Å²) in [6.45, 7) is 3.21. The molecule has 2 aromatic carbocycles. The first kappa shape index (κ1) is 25.5. The molecule has 2 rings (SSSR count). The highest BCUT2D eigenvalue weighted by Crippen LogP contribution is 2.22. The second-order valence-electron chi connectivity index (χ2n) is 6.99. The third kappa shape index (κ3) is 7.40. The van der Waals surface area contributed by atoms with Crippen molar-refractivity contribution in [1.29, 1.82) is 0 Å². The lowest BCUT2D eigenvalue weighted by molar-refractivity contribution is -0.124. The Balaban J connectivity index is 2.10. The number of hydrogen-bond acceptors (Lipinski definition) is 5. The molecule has 0 aromatic heterocycles. The number of rotatable bonds is 9. The summed E-state index contributed by atoms with van der Waals surface area (Å²) in [6, 6.07) is 8.20. The van der Waals surface area contributed by atoms with Crippen molar-refractivity contribution in [3.05, 3.63) is 62.6 Å². The van der Waals surface area contributed by atoms with Gasteiger partial charge in [-0.1, -0.05) is 48.7 Å². The minimum absolute atomic E-state index is 0.167. The maximum absolute atomic E-state index is 12.6. The first-order chi connectivity index (χ1) is 15.1. The maximum atomic E-state index is 12.6.